The summed E-state index contributed by atoms with van der Waals surface area (Å²) in [5.74, 6) is 0. The fraction of sp³-hybridized carbons (Fsp3) is 0.933. The molecule has 0 radical (unpaired) electrons. The van der Waals surface area contributed by atoms with Gasteiger partial charge in [-0.05, 0) is 52.0 Å². The lowest BCUT2D eigenvalue weighted by Gasteiger charge is -2.32. The Balaban J connectivity index is 2.61. The van der Waals surface area contributed by atoms with Crippen molar-refractivity contribution in [3.8, 4) is 6.07 Å². The molecule has 1 aliphatic heterocycles. The molecule has 18 heavy (non-hydrogen) atoms. The fourth-order valence-electron chi connectivity index (χ4n) is 3.19. The van der Waals surface area contributed by atoms with Gasteiger partial charge in [-0.2, -0.15) is 5.26 Å². The fourth-order valence-corrected chi connectivity index (χ4v) is 3.19. The second kappa shape index (κ2) is 6.04. The van der Waals surface area contributed by atoms with Crippen LogP contribution in [-0.4, -0.2) is 36.1 Å². The van der Waals surface area contributed by atoms with Crippen LogP contribution < -0.4 is 5.32 Å². The lowest BCUT2D eigenvalue weighted by molar-refractivity contribution is 0.207. The van der Waals surface area contributed by atoms with Gasteiger partial charge in [0.2, 0.25) is 0 Å². The molecule has 0 aromatic heterocycles. The van der Waals surface area contributed by atoms with Gasteiger partial charge in [-0.15, -0.1) is 0 Å². The third-order valence-corrected chi connectivity index (χ3v) is 4.41. The quantitative estimate of drug-likeness (QED) is 0.789. The van der Waals surface area contributed by atoms with E-state index in [9.17, 15) is 5.26 Å². The van der Waals surface area contributed by atoms with E-state index in [-0.39, 0.29) is 0 Å². The Morgan fingerprint density at radius 3 is 2.39 bits per heavy atom. The summed E-state index contributed by atoms with van der Waals surface area (Å²) in [6.45, 7) is 13.9. The third-order valence-electron chi connectivity index (χ3n) is 4.41. The van der Waals surface area contributed by atoms with Crippen molar-refractivity contribution in [2.45, 2.75) is 65.5 Å². The Hall–Kier alpha value is -0.590. The summed E-state index contributed by atoms with van der Waals surface area (Å²) in [6, 6.07) is 2.79. The first-order valence-corrected chi connectivity index (χ1v) is 7.30. The normalized spacial score (nSPS) is 22.9. The Morgan fingerprint density at radius 2 is 2.00 bits per heavy atom. The standard InChI is InChI=1S/C15H29N3/c1-6-15(7-2)8-9-18(12-15)11-14(5,10-16)17-13(3)4/h13,17H,6-9,11-12H2,1-5H3. The Bertz CT molecular complexity index is 301. The van der Waals surface area contributed by atoms with Crippen molar-refractivity contribution >= 4 is 0 Å². The highest BCUT2D eigenvalue weighted by Crippen LogP contribution is 2.37. The molecule has 0 saturated carbocycles. The van der Waals surface area contributed by atoms with Gasteiger partial charge in [0.05, 0.1) is 6.07 Å². The molecule has 1 N–H and O–H groups in total. The Morgan fingerprint density at radius 1 is 1.39 bits per heavy atom. The van der Waals surface area contributed by atoms with Crippen LogP contribution in [0.5, 0.6) is 0 Å². The summed E-state index contributed by atoms with van der Waals surface area (Å²) in [6.07, 6.45) is 3.78. The predicted octanol–water partition coefficient (Wildman–Crippen LogP) is 2.78. The zero-order chi connectivity index (χ0) is 13.8. The summed E-state index contributed by atoms with van der Waals surface area (Å²) >= 11 is 0. The van der Waals surface area contributed by atoms with E-state index in [1.54, 1.807) is 0 Å². The first kappa shape index (κ1) is 15.5. The van der Waals surface area contributed by atoms with Crippen molar-refractivity contribution in [1.82, 2.24) is 10.2 Å². The van der Waals surface area contributed by atoms with Gasteiger partial charge in [0, 0.05) is 19.1 Å². The van der Waals surface area contributed by atoms with Gasteiger partial charge >= 0.3 is 0 Å². The van der Waals surface area contributed by atoms with Gasteiger partial charge in [0.25, 0.3) is 0 Å². The third kappa shape index (κ3) is 3.70. The molecule has 1 unspecified atom stereocenters. The van der Waals surface area contributed by atoms with Crippen LogP contribution in [-0.2, 0) is 0 Å². The lowest BCUT2D eigenvalue weighted by Crippen LogP contribution is -2.52. The summed E-state index contributed by atoms with van der Waals surface area (Å²) < 4.78 is 0. The monoisotopic (exact) mass is 251 g/mol. The molecule has 1 aliphatic rings. The number of rotatable bonds is 6. The first-order valence-electron chi connectivity index (χ1n) is 7.30. The highest BCUT2D eigenvalue weighted by atomic mass is 15.2. The zero-order valence-corrected chi connectivity index (χ0v) is 12.7. The maximum absolute atomic E-state index is 9.40. The Kier molecular flexibility index (Phi) is 5.19. The van der Waals surface area contributed by atoms with Crippen molar-refractivity contribution in [3.63, 3.8) is 0 Å². The minimum atomic E-state index is -0.425. The molecule has 0 aliphatic carbocycles. The second-order valence-electron chi connectivity index (χ2n) is 6.41. The van der Waals surface area contributed by atoms with E-state index < -0.39 is 5.54 Å². The van der Waals surface area contributed by atoms with E-state index in [1.807, 2.05) is 6.92 Å². The van der Waals surface area contributed by atoms with Gasteiger partial charge in [-0.3, -0.25) is 10.2 Å². The average molecular weight is 251 g/mol. The molecule has 0 bridgehead atoms. The predicted molar refractivity (Wildman–Crippen MR) is 76.4 cm³/mol. The number of nitriles is 1. The van der Waals surface area contributed by atoms with Crippen molar-refractivity contribution in [2.75, 3.05) is 19.6 Å². The maximum atomic E-state index is 9.40. The number of hydrogen-bond donors (Lipinski definition) is 1. The summed E-state index contributed by atoms with van der Waals surface area (Å²) in [4.78, 5) is 2.46. The maximum Gasteiger partial charge on any atom is 0.116 e. The highest BCUT2D eigenvalue weighted by molar-refractivity contribution is 5.07. The van der Waals surface area contributed by atoms with Crippen molar-refractivity contribution in [2.24, 2.45) is 5.41 Å². The van der Waals surface area contributed by atoms with Crippen LogP contribution in [0.25, 0.3) is 0 Å². The lowest BCUT2D eigenvalue weighted by atomic mass is 9.82. The topological polar surface area (TPSA) is 39.1 Å². The number of likely N-dealkylation sites (tertiary alicyclic amines) is 1. The van der Waals surface area contributed by atoms with E-state index in [0.29, 0.717) is 11.5 Å². The van der Waals surface area contributed by atoms with Gasteiger partial charge < -0.3 is 0 Å². The van der Waals surface area contributed by atoms with Crippen LogP contribution in [0.15, 0.2) is 0 Å². The highest BCUT2D eigenvalue weighted by Gasteiger charge is 2.38. The van der Waals surface area contributed by atoms with E-state index in [1.165, 1.54) is 19.3 Å². The minimum absolute atomic E-state index is 0.347. The van der Waals surface area contributed by atoms with E-state index in [0.717, 1.165) is 19.6 Å². The molecule has 1 heterocycles. The summed E-state index contributed by atoms with van der Waals surface area (Å²) in [5.41, 5.74) is 0.0694. The second-order valence-corrected chi connectivity index (χ2v) is 6.41. The molecule has 1 saturated heterocycles. The molecule has 0 aromatic carbocycles. The minimum Gasteiger partial charge on any atom is -0.300 e. The van der Waals surface area contributed by atoms with E-state index in [4.69, 9.17) is 0 Å². The van der Waals surface area contributed by atoms with Crippen molar-refractivity contribution < 1.29 is 0 Å². The smallest absolute Gasteiger partial charge is 0.116 e. The van der Waals surface area contributed by atoms with E-state index in [2.05, 4.69) is 44.0 Å². The molecule has 104 valence electrons. The van der Waals surface area contributed by atoms with E-state index >= 15 is 0 Å². The molecule has 3 heteroatoms. The SMILES string of the molecule is CCC1(CC)CCN(CC(C)(C#N)NC(C)C)C1. The zero-order valence-electron chi connectivity index (χ0n) is 12.7. The van der Waals surface area contributed by atoms with Crippen LogP contribution in [0.1, 0.15) is 53.9 Å². The number of hydrogen-bond acceptors (Lipinski definition) is 3. The Labute approximate surface area is 113 Å². The number of nitrogens with zero attached hydrogens (tertiary/aromatic N) is 2. The molecule has 0 amide bonds. The summed E-state index contributed by atoms with van der Waals surface area (Å²) in [5, 5.41) is 12.8. The largest absolute Gasteiger partial charge is 0.300 e. The molecule has 1 fully saturated rings. The molecule has 3 nitrogen and oxygen atoms in total. The summed E-state index contributed by atoms with van der Waals surface area (Å²) in [7, 11) is 0. The molecular formula is C15H29N3. The van der Waals surface area contributed by atoms with Crippen molar-refractivity contribution in [3.05, 3.63) is 0 Å². The molecule has 0 aromatic rings. The van der Waals surface area contributed by atoms with Gasteiger partial charge in [-0.25, -0.2) is 0 Å². The average Bonchev–Trinajstić information content (AvgIpc) is 2.72. The molecular weight excluding hydrogens is 222 g/mol. The molecule has 1 rings (SSSR count). The van der Waals surface area contributed by atoms with Gasteiger partial charge in [-0.1, -0.05) is 13.8 Å². The van der Waals surface area contributed by atoms with Crippen LogP contribution >= 0.6 is 0 Å². The van der Waals surface area contributed by atoms with Gasteiger partial charge in [0.1, 0.15) is 5.54 Å². The van der Waals surface area contributed by atoms with Crippen LogP contribution in [0.2, 0.25) is 0 Å². The number of nitrogens with one attached hydrogen (secondary N) is 1. The first-order chi connectivity index (χ1) is 8.38. The van der Waals surface area contributed by atoms with Crippen molar-refractivity contribution in [1.29, 1.82) is 5.26 Å². The van der Waals surface area contributed by atoms with Crippen LogP contribution in [0, 0.1) is 16.7 Å². The molecule has 0 spiro atoms. The van der Waals surface area contributed by atoms with Gasteiger partial charge in [0.15, 0.2) is 0 Å². The van der Waals surface area contributed by atoms with Crippen LogP contribution in [0.3, 0.4) is 0 Å². The molecule has 1 atom stereocenters. The van der Waals surface area contributed by atoms with Crippen LogP contribution in [0.4, 0.5) is 0 Å².